The predicted octanol–water partition coefficient (Wildman–Crippen LogP) is 34.1. The van der Waals surface area contributed by atoms with Gasteiger partial charge in [-0.15, -0.1) is 0 Å². The minimum absolute atomic E-state index is 0.0490. The molecule has 4 aliphatic heterocycles. The fourth-order valence-electron chi connectivity index (χ4n) is 26.0. The lowest BCUT2D eigenvalue weighted by molar-refractivity contribution is -0.124. The zero-order valence-corrected chi connectivity index (χ0v) is 83.8. The van der Waals surface area contributed by atoms with Crippen LogP contribution in [0.1, 0.15) is 394 Å². The molecule has 12 aliphatic rings. The first-order valence-corrected chi connectivity index (χ1v) is 50.6. The molecule has 36 nitrogen and oxygen atoms in total. The summed E-state index contributed by atoms with van der Waals surface area (Å²) in [6, 6.07) is 16.6. The number of ether oxygens (including phenoxy) is 4. The SMILES string of the molecule is C[C@H]1C(=O)/C(=C\O)C[C@@]2(C)c3nc(-c4ccnc(N5CCOCC5)c4)n(-c4cnn(C)c4)c3CC[C@H]12.C[C@H]1c2oncc2C[C@@]2(C)c3nc(-c4ccnc(N5CCOCC5)c4)n(-c4cnn(C)c4)c3CC[C@H]12.[3H][3H].[3H][3H].[3H][3H].[3H][3H].[3H][3H].[3H][3H].[3H][3H].[3H][3H].[3H][3H].[3H][3H].[3H][3H].[3H][3H].[3H][3H].[3H][3H].[3H][3H].[3H][3H].[3H][3H].[3H][3H].[3H][3H].[3H][3H].[3H][3H].[3H][3H].[3H][3H].[3H][3H].[3H][3H].[3H][3H].[3H][3H].[3H][3H].[3H][3H].[3H][3H].[3H][3H].[3H][3H].[3H][3H].[3H][3H].[3H][3H].[3H][3H].[3H][3H].[3H][3H].[3H][3H].[3H][3H].[3H][3H].[3H][3H].[3H][3H].[3H][3H].[3H][3H].[3H][3H].[3H][3H].[3H][3H].[3H][3H].[3H][3H].[3H][3H].[3H][3H].[3H][3H].[3H][3H].[3H][3H].[3H][3H].[3H][3H].[3H][3H].[3H][3H].[3H][3H].[3H][3H].[3H][3H].[3H][3H].[3H][3H].[3H][3H].[3H][3H].[3H][3H].[3H][3H].[3H][3H].[3H][3H].[3H][3H].[3H][3H].[3H][3H].[3H][3H].[3H][3H].[3H][3H].[3H][3H].[3H][3H].[3H][3H].[3H][3H].[C-]#[N+]C1=C(O)[C@H](C)[C@H]2CCc3c(nc(-c4ccnc(N5CCOCC5)c4)n3-c3cnn(C)c3)[C@]2(C)C1.[C-]#[N+]C1=C[C@@]2(C)c3nc(-c4ccnc(N5CCOCC5)c4)n(-c4cnn(C)c4)c3CC[C@@H]2[C@@H](C)C1=O. The van der Waals surface area contributed by atoms with Gasteiger partial charge in [-0.25, -0.2) is 49.6 Å². The molecule has 36 heteroatoms. The van der Waals surface area contributed by atoms with Crippen molar-refractivity contribution in [3.8, 4) is 68.3 Å². The van der Waals surface area contributed by atoms with Gasteiger partial charge in [-0.1, -0.05) is 66.6 Å². The number of hydrogen-bond acceptors (Lipinski definition) is 26. The van der Waals surface area contributed by atoms with Crippen molar-refractivity contribution >= 4 is 34.8 Å². The maximum Gasteiger partial charge on any atom is 0.226 e. The lowest BCUT2D eigenvalue weighted by atomic mass is 9.56. The summed E-state index contributed by atoms with van der Waals surface area (Å²) < 4.78 is 844. The first-order valence-electron chi connectivity index (χ1n) is 131. The monoisotopic (exact) mass is 2420 g/mol. The van der Waals surface area contributed by atoms with Crippen LogP contribution in [0, 0.1) is 54.6 Å². The number of aliphatic hydroxyl groups is 2. The third-order valence-electron chi connectivity index (χ3n) is 33.3. The number of ketones is 2. The molecular weight excluding hydrogens is 1820 g/mol. The topological polar surface area (TPSA) is 353 Å². The van der Waals surface area contributed by atoms with Crippen molar-refractivity contribution in [1.82, 2.24) is 102 Å². The molecule has 0 unspecified atom stereocenters. The van der Waals surface area contributed by atoms with Crippen LogP contribution in [0.2, 0.25) is 0 Å². The summed E-state index contributed by atoms with van der Waals surface area (Å²) in [6.45, 7) is 44.7. The fourth-order valence-corrected chi connectivity index (χ4v) is 26.0. The molecule has 0 bridgehead atoms. The van der Waals surface area contributed by atoms with Crippen LogP contribution in [0.5, 0.6) is 0 Å². The Bertz CT molecular complexity index is 7600. The number of aromatic nitrogens is 21. The van der Waals surface area contributed by atoms with Crippen LogP contribution >= 0.6 is 0 Å². The zero-order valence-electron chi connectivity index (χ0n) is 244. The Morgan fingerprint density at radius 3 is 1.12 bits per heavy atom. The first-order chi connectivity index (χ1) is 150. The van der Waals surface area contributed by atoms with Gasteiger partial charge in [0.2, 0.25) is 11.4 Å². The normalized spacial score (nSPS) is 30.5. The van der Waals surface area contributed by atoms with Gasteiger partial charge in [0.15, 0.2) is 11.6 Å². The molecule has 13 aromatic rings. The van der Waals surface area contributed by atoms with Gasteiger partial charge in [0.05, 0.1) is 155 Å². The quantitative estimate of drug-likeness (QED) is 0.0651. The number of aliphatic hydroxyl groups excluding tert-OH is 2. The average molecular weight is 2430 g/mol. The van der Waals surface area contributed by atoms with E-state index in [0.717, 1.165) is 255 Å². The number of aryl methyl sites for hydroxylation is 4. The van der Waals surface area contributed by atoms with E-state index in [9.17, 15) is 19.8 Å². The van der Waals surface area contributed by atoms with Crippen molar-refractivity contribution in [1.29, 1.82) is 0 Å². The molecule has 0 radical (unpaired) electrons. The first kappa shape index (κ1) is 40.3. The number of carbonyl (C=O) groups excluding carboxylic acids is 2. The lowest BCUT2D eigenvalue weighted by Gasteiger charge is -2.47. The molecule has 4 saturated heterocycles. The third-order valence-corrected chi connectivity index (χ3v) is 33.3. The van der Waals surface area contributed by atoms with Gasteiger partial charge in [0.1, 0.15) is 52.3 Å². The largest absolute Gasteiger partial charge is 0.523 e. The van der Waals surface area contributed by atoms with Gasteiger partial charge in [0, 0.05) is 469 Å². The van der Waals surface area contributed by atoms with Crippen molar-refractivity contribution in [2.75, 3.05) is 125 Å². The summed E-state index contributed by atoms with van der Waals surface area (Å²) in [5.41, 5.74) is 18.0. The van der Waals surface area contributed by atoms with Crippen molar-refractivity contribution in [3.63, 3.8) is 0 Å². The molecule has 25 rings (SSSR count). The van der Waals surface area contributed by atoms with Crippen LogP contribution in [0.15, 0.2) is 169 Å². The van der Waals surface area contributed by atoms with Crippen LogP contribution in [0.25, 0.3) is 78.0 Å². The number of rotatable bonds is 12. The van der Waals surface area contributed by atoms with E-state index in [-0.39, 0.29) is 74.8 Å². The van der Waals surface area contributed by atoms with Gasteiger partial charge in [-0.3, -0.25) is 41.8 Å². The summed E-state index contributed by atoms with van der Waals surface area (Å²) in [5.74, 6) is 9.38. The van der Waals surface area contributed by atoms with Gasteiger partial charge >= 0.3 is 0 Å². The van der Waals surface area contributed by atoms with E-state index in [4.69, 9.17) is 294 Å². The average Bonchev–Trinajstić information content (AvgIpc) is 1.55. The van der Waals surface area contributed by atoms with Gasteiger partial charge in [0.25, 0.3) is 0 Å². The zero-order chi connectivity index (χ0) is 260. The van der Waals surface area contributed by atoms with Crippen LogP contribution in [0.4, 0.5) is 23.3 Å². The molecule has 13 aromatic heterocycles. The van der Waals surface area contributed by atoms with E-state index in [2.05, 4.69) is 164 Å². The number of hydrogen-bond donors (Lipinski definition) is 2. The fraction of sp³-hybridized carbons (Fsp3) is 0.472. The summed E-state index contributed by atoms with van der Waals surface area (Å²) in [4.78, 5) is 82.0. The standard InChI is InChI=1S/2C27H31N7O2.C27H29N7O2.C27H32N6O3.80H2/c1-17-21-4-5-22-25(27(21,2)13-19-14-30-36-24(17)19)31-26(34(22)20-15-29-32(3)16-20)18-6-7-28-23(12-18)33-8-10-35-11-9-33;2*1-17-20-5-6-22-25(27(20,2)14-21(28-3)24(17)35)31-26(34(22)19-15-30-32(4)16-19)18-7-8-29-23(13-18)33-9-11-36-12-10-33;1-17-21-4-5-22-25(27(21,2)13-19(16-34)24(17)35)30-26(33(22)20-14-29-31(3)15-20)18-6-7-28-23(12-18)32-8-10-36-11-9-32;;;;;;;;;;;;;;;;;;;;;;;;;;;;;;;;;;;;;;;;;;;;;;;;;;;;;;;;;;;;;;;;;;;;;;;;;;;;;;;;/h6-7,12,14-17,21H,4-5,8-11,13H2,1-3H3;7-8,13,15-17,20,35H,5-6,9-12,14H2,1-2,4H3;7-8,13-17,20H,5-6,9-12H2,1-2,4H3;6-7,12,14-17,21,34H,4-5,8-11,13H2,1-3H3;80*1H/b;;;19-16-;;;;;;;;;;;;;;;;;;;;;;;;;;;;;;;;;;;;;;;;;;;;;;;;;;;;;;;;;;;;;;;;;;;;;;;;;;;;;;;;/t17-,21-,27-;2*17-,20-,27-;17-,21-,27-;;;;;;;;;;;;;;;;;;;;;;;;;;;;;;;;;;;;;;;;;;;;;;;;;;;;;;;;;;;;;;;;;;;;;;;;;;;;;;;;/m1111................................................................................/s1/i;;;;80*1+2T. The van der Waals surface area contributed by atoms with Crippen LogP contribution in [-0.4, -0.2) is 229 Å². The number of imidazole rings is 4. The number of fused-ring (bicyclic) bond motifs is 13. The summed E-state index contributed by atoms with van der Waals surface area (Å²) >= 11 is 0. The van der Waals surface area contributed by atoms with Crippen molar-refractivity contribution in [2.24, 2.45) is 69.6 Å². The Kier molecular flexibility index (Phi) is 10.6. The smallest absolute Gasteiger partial charge is 0.226 e. The third kappa shape index (κ3) is 16.4. The molecule has 8 aliphatic carbocycles. The highest BCUT2D eigenvalue weighted by Gasteiger charge is 2.57. The van der Waals surface area contributed by atoms with Crippen molar-refractivity contribution < 1.29 is 281 Å². The second-order valence-corrected chi connectivity index (χ2v) is 41.7. The molecule has 904 valence electrons. The Morgan fingerprint density at radius 2 is 0.764 bits per heavy atom. The number of carbonyl (C=O) groups is 2. The molecule has 2 N–H and O–H groups in total. The minimum atomic E-state index is -0.497. The predicted molar refractivity (Wildman–Crippen MR) is 709 cm³/mol. The number of nitrogens with zero attached hydrogens (tertiary/aromatic N) is 27. The summed E-state index contributed by atoms with van der Waals surface area (Å²) in [7, 11) is 7.71. The molecule has 0 spiro atoms. The molecule has 1 saturated carbocycles. The molecule has 144 heavy (non-hydrogen) atoms. The molecule has 17 heterocycles. The molecule has 5 fully saturated rings. The van der Waals surface area contributed by atoms with Crippen molar-refractivity contribution in [3.05, 3.63) is 244 Å². The second kappa shape index (κ2) is 37.8. The Hall–Kier alpha value is -14.3. The van der Waals surface area contributed by atoms with E-state index in [1.165, 1.54) is 22.6 Å². The molecule has 12 atom stereocenters. The van der Waals surface area contributed by atoms with Crippen molar-refractivity contribution in [2.45, 2.75) is 154 Å². The maximum absolute atomic E-state index is 12.9. The Balaban J connectivity index is -0.0000000378. The van der Waals surface area contributed by atoms with E-state index in [1.54, 1.807) is 9.36 Å². The molecule has 0 aromatic carbocycles. The Morgan fingerprint density at radius 1 is 0.431 bits per heavy atom. The highest BCUT2D eigenvalue weighted by atomic mass is 16.5. The number of pyridine rings is 4. The van der Waals surface area contributed by atoms with Gasteiger partial charge < -0.3 is 58.1 Å². The minimum Gasteiger partial charge on any atom is -0.523 e. The summed E-state index contributed by atoms with van der Waals surface area (Å²) in [6.07, 6.45) is 37.0. The van der Waals surface area contributed by atoms with Crippen LogP contribution in [-0.2, 0) is 110 Å². The van der Waals surface area contributed by atoms with E-state index in [1.807, 2.05) is 157 Å². The van der Waals surface area contributed by atoms with Crippen LogP contribution < -0.4 is 19.6 Å². The molecule has 0 amide bonds. The van der Waals surface area contributed by atoms with E-state index in [0.29, 0.717) is 75.6 Å². The highest BCUT2D eigenvalue weighted by molar-refractivity contribution is 6.00. The molecular formula is C108H283N27O9. The maximum atomic E-state index is 12.9. The lowest BCUT2D eigenvalue weighted by Crippen LogP contribution is -2.48. The van der Waals surface area contributed by atoms with Gasteiger partial charge in [-0.05, 0) is 143 Å². The summed E-state index contributed by atoms with van der Waals surface area (Å²) in [5, 5.41) is 42.5. The van der Waals surface area contributed by atoms with Gasteiger partial charge in [-0.2, -0.15) is 20.4 Å². The Labute approximate surface area is 1080 Å². The van der Waals surface area contributed by atoms with E-state index < -0.39 is 5.41 Å². The van der Waals surface area contributed by atoms with Crippen LogP contribution in [0.3, 0.4) is 0 Å². The second-order valence-electron chi connectivity index (χ2n) is 41.7. The number of morpholine rings is 4. The highest BCUT2D eigenvalue weighted by Crippen LogP contribution is 2.59. The number of anilines is 4. The number of allylic oxidation sites excluding steroid dienone is 5. The van der Waals surface area contributed by atoms with E-state index >= 15 is 0 Å². The number of Topliss-reactive ketones (excluding diaryl/α,β-unsaturated/α-hetero) is 2.